The summed E-state index contributed by atoms with van der Waals surface area (Å²) in [6, 6.07) is 9.80. The monoisotopic (exact) mass is 454 g/mol. The summed E-state index contributed by atoms with van der Waals surface area (Å²) in [6.45, 7) is 1.67. The average molecular weight is 455 g/mol. The van der Waals surface area contributed by atoms with Crippen LogP contribution in [0, 0.1) is 11.6 Å². The van der Waals surface area contributed by atoms with Gasteiger partial charge in [-0.1, -0.05) is 35.9 Å². The number of nitrogens with zero attached hydrogens (tertiary/aromatic N) is 4. The highest BCUT2D eigenvalue weighted by Crippen LogP contribution is 2.37. The van der Waals surface area contributed by atoms with Crippen LogP contribution in [0.5, 0.6) is 0 Å². The Kier molecular flexibility index (Phi) is 5.01. The molecular weight excluding hydrogens is 438 g/mol. The summed E-state index contributed by atoms with van der Waals surface area (Å²) in [6.07, 6.45) is 2.11. The average Bonchev–Trinajstić information content (AvgIpc) is 2.81. The predicted octanol–water partition coefficient (Wildman–Crippen LogP) is 5.18. The summed E-state index contributed by atoms with van der Waals surface area (Å²) in [4.78, 5) is 23.1. The molecule has 3 heterocycles. The second-order valence-electron chi connectivity index (χ2n) is 7.53. The van der Waals surface area contributed by atoms with Crippen molar-refractivity contribution in [2.24, 2.45) is 0 Å². The largest absolute Gasteiger partial charge is 0.465 e. The third-order valence-electron chi connectivity index (χ3n) is 5.79. The lowest BCUT2D eigenvalue weighted by atomic mass is 10.00. The second kappa shape index (κ2) is 7.87. The first kappa shape index (κ1) is 20.4. The number of aromatic nitrogens is 2. The Morgan fingerprint density at radius 1 is 1.03 bits per heavy atom. The Hall–Kier alpha value is -3.52. The van der Waals surface area contributed by atoms with Crippen LogP contribution in [-0.4, -0.2) is 52.2 Å². The summed E-state index contributed by atoms with van der Waals surface area (Å²) >= 11 is 6.22. The molecule has 1 saturated heterocycles. The molecule has 9 heteroatoms. The molecule has 1 amide bonds. The molecule has 2 aromatic carbocycles. The van der Waals surface area contributed by atoms with Crippen molar-refractivity contribution < 1.29 is 18.7 Å². The first-order valence-corrected chi connectivity index (χ1v) is 10.4. The SMILES string of the molecule is O=C(O)N1CCN(c2ccnc3c(F)c(-c4cccc5ccc(F)c(Cl)c45)ncc23)CC1. The zero-order chi connectivity index (χ0) is 22.4. The quantitative estimate of drug-likeness (QED) is 0.452. The van der Waals surface area contributed by atoms with E-state index in [9.17, 15) is 9.18 Å². The molecule has 6 nitrogen and oxygen atoms in total. The van der Waals surface area contributed by atoms with Crippen molar-refractivity contribution in [1.29, 1.82) is 0 Å². The number of rotatable bonds is 2. The number of carboxylic acid groups (broad SMARTS) is 1. The zero-order valence-electron chi connectivity index (χ0n) is 16.7. The van der Waals surface area contributed by atoms with Gasteiger partial charge in [-0.2, -0.15) is 0 Å². The van der Waals surface area contributed by atoms with Gasteiger partial charge in [0.25, 0.3) is 0 Å². The molecule has 4 aromatic rings. The van der Waals surface area contributed by atoms with Crippen molar-refractivity contribution in [3.05, 3.63) is 65.4 Å². The van der Waals surface area contributed by atoms with E-state index in [4.69, 9.17) is 16.7 Å². The molecule has 5 rings (SSSR count). The van der Waals surface area contributed by atoms with E-state index in [2.05, 4.69) is 9.97 Å². The first-order chi connectivity index (χ1) is 15.5. The van der Waals surface area contributed by atoms with Crippen LogP contribution in [0.4, 0.5) is 19.3 Å². The van der Waals surface area contributed by atoms with Crippen molar-refractivity contribution in [1.82, 2.24) is 14.9 Å². The van der Waals surface area contributed by atoms with Gasteiger partial charge in [-0.05, 0) is 17.5 Å². The van der Waals surface area contributed by atoms with Crippen LogP contribution in [-0.2, 0) is 0 Å². The third kappa shape index (κ3) is 3.27. The number of amides is 1. The van der Waals surface area contributed by atoms with Gasteiger partial charge in [-0.15, -0.1) is 0 Å². The number of carbonyl (C=O) groups is 1. The van der Waals surface area contributed by atoms with Gasteiger partial charge >= 0.3 is 6.09 Å². The summed E-state index contributed by atoms with van der Waals surface area (Å²) in [5, 5.41) is 10.7. The van der Waals surface area contributed by atoms with E-state index in [1.54, 1.807) is 36.5 Å². The maximum absolute atomic E-state index is 15.7. The van der Waals surface area contributed by atoms with E-state index < -0.39 is 17.7 Å². The molecule has 0 unspecified atom stereocenters. The molecule has 0 bridgehead atoms. The predicted molar refractivity (Wildman–Crippen MR) is 119 cm³/mol. The molecule has 0 spiro atoms. The lowest BCUT2D eigenvalue weighted by Crippen LogP contribution is -2.48. The van der Waals surface area contributed by atoms with Crippen molar-refractivity contribution in [3.63, 3.8) is 0 Å². The highest BCUT2D eigenvalue weighted by atomic mass is 35.5. The fourth-order valence-corrected chi connectivity index (χ4v) is 4.45. The highest BCUT2D eigenvalue weighted by Gasteiger charge is 2.24. The maximum atomic E-state index is 15.7. The second-order valence-corrected chi connectivity index (χ2v) is 7.91. The fraction of sp³-hybridized carbons (Fsp3) is 0.174. The van der Waals surface area contributed by atoms with Crippen molar-refractivity contribution in [2.75, 3.05) is 31.1 Å². The van der Waals surface area contributed by atoms with Gasteiger partial charge in [0.1, 0.15) is 17.0 Å². The third-order valence-corrected chi connectivity index (χ3v) is 6.16. The fourth-order valence-electron chi connectivity index (χ4n) is 4.17. The first-order valence-electron chi connectivity index (χ1n) is 9.99. The summed E-state index contributed by atoms with van der Waals surface area (Å²) < 4.78 is 29.8. The Balaban J connectivity index is 1.62. The van der Waals surface area contributed by atoms with E-state index in [0.29, 0.717) is 47.9 Å². The molecule has 1 aliphatic rings. The number of pyridine rings is 2. The van der Waals surface area contributed by atoms with Crippen LogP contribution in [0.3, 0.4) is 0 Å². The van der Waals surface area contributed by atoms with Crippen molar-refractivity contribution in [2.45, 2.75) is 0 Å². The number of fused-ring (bicyclic) bond motifs is 2. The molecule has 1 fully saturated rings. The highest BCUT2D eigenvalue weighted by molar-refractivity contribution is 6.36. The number of piperazine rings is 1. The molecule has 0 radical (unpaired) electrons. The van der Waals surface area contributed by atoms with Crippen LogP contribution < -0.4 is 4.90 Å². The number of benzene rings is 2. The normalized spacial score (nSPS) is 14.3. The van der Waals surface area contributed by atoms with Crippen LogP contribution >= 0.6 is 11.6 Å². The molecule has 1 N–H and O–H groups in total. The molecule has 162 valence electrons. The van der Waals surface area contributed by atoms with Crippen LogP contribution in [0.1, 0.15) is 0 Å². The number of hydrogen-bond acceptors (Lipinski definition) is 4. The topological polar surface area (TPSA) is 69.6 Å². The van der Waals surface area contributed by atoms with Gasteiger partial charge in [0.15, 0.2) is 5.82 Å². The Morgan fingerprint density at radius 2 is 1.81 bits per heavy atom. The minimum Gasteiger partial charge on any atom is -0.465 e. The van der Waals surface area contributed by atoms with Gasteiger partial charge in [-0.25, -0.2) is 13.6 Å². The Bertz CT molecular complexity index is 1370. The summed E-state index contributed by atoms with van der Waals surface area (Å²) in [5.74, 6) is -1.21. The Labute approximate surface area is 186 Å². The zero-order valence-corrected chi connectivity index (χ0v) is 17.5. The van der Waals surface area contributed by atoms with E-state index in [0.717, 1.165) is 5.69 Å². The van der Waals surface area contributed by atoms with E-state index in [1.165, 1.54) is 17.2 Å². The summed E-state index contributed by atoms with van der Waals surface area (Å²) in [5.41, 5.74) is 1.29. The van der Waals surface area contributed by atoms with Crippen LogP contribution in [0.25, 0.3) is 32.9 Å². The van der Waals surface area contributed by atoms with Crippen LogP contribution in [0.15, 0.2) is 48.8 Å². The smallest absolute Gasteiger partial charge is 0.407 e. The van der Waals surface area contributed by atoms with Gasteiger partial charge < -0.3 is 14.9 Å². The lowest BCUT2D eigenvalue weighted by Gasteiger charge is -2.35. The minimum atomic E-state index is -0.952. The number of anilines is 1. The van der Waals surface area contributed by atoms with Gasteiger partial charge in [0, 0.05) is 60.6 Å². The van der Waals surface area contributed by atoms with Crippen molar-refractivity contribution >= 4 is 45.1 Å². The van der Waals surface area contributed by atoms with E-state index in [-0.39, 0.29) is 16.2 Å². The standard InChI is InChI=1S/C23H17ClF2N4O2/c24-19-16(25)5-4-13-2-1-3-14(18(13)19)21-20(26)22-15(12-28-21)17(6-7-27-22)29-8-10-30(11-9-29)23(31)32/h1-7,12H,8-11H2,(H,31,32). The molecule has 0 saturated carbocycles. The van der Waals surface area contributed by atoms with Crippen LogP contribution in [0.2, 0.25) is 5.02 Å². The summed E-state index contributed by atoms with van der Waals surface area (Å²) in [7, 11) is 0. The van der Waals surface area contributed by atoms with Gasteiger partial charge in [0.2, 0.25) is 0 Å². The molecular formula is C23H17ClF2N4O2. The lowest BCUT2D eigenvalue weighted by molar-refractivity contribution is 0.142. The van der Waals surface area contributed by atoms with Gasteiger partial charge in [-0.3, -0.25) is 9.97 Å². The van der Waals surface area contributed by atoms with Gasteiger partial charge in [0.05, 0.1) is 5.02 Å². The molecule has 32 heavy (non-hydrogen) atoms. The molecule has 0 aliphatic carbocycles. The minimum absolute atomic E-state index is 0.0379. The Morgan fingerprint density at radius 3 is 2.56 bits per heavy atom. The molecule has 1 aliphatic heterocycles. The van der Waals surface area contributed by atoms with Crippen molar-refractivity contribution in [3.8, 4) is 11.3 Å². The van der Waals surface area contributed by atoms with E-state index >= 15 is 4.39 Å². The molecule has 2 aromatic heterocycles. The molecule has 0 atom stereocenters. The maximum Gasteiger partial charge on any atom is 0.407 e. The van der Waals surface area contributed by atoms with E-state index in [1.807, 2.05) is 4.90 Å². The number of halogens is 3. The number of hydrogen-bond donors (Lipinski definition) is 1.